The highest BCUT2D eigenvalue weighted by molar-refractivity contribution is 5.85. The molecule has 1 aliphatic heterocycles. The van der Waals surface area contributed by atoms with Gasteiger partial charge >= 0.3 is 0 Å². The number of fused-ring (bicyclic) bond motifs is 2. The standard InChI is InChI=1S/C26H25FN4O/c1-16(26(32)8-17-2-4-22(12-28)30-13-17)31-14-19-9-18(10-20(19)15-31)23-6-7-29-25-5-3-21(27)11-24(23)25/h2-7,11,13,16,18-20H,8-10,14-15H2,1H3/t16?,18?,19-,20+. The zero-order valence-electron chi connectivity index (χ0n) is 18.0. The Bertz CT molecular complexity index is 1190. The fourth-order valence-electron chi connectivity index (χ4n) is 5.55. The van der Waals surface area contributed by atoms with Crippen molar-refractivity contribution in [1.82, 2.24) is 14.9 Å². The van der Waals surface area contributed by atoms with E-state index in [1.165, 1.54) is 11.6 Å². The van der Waals surface area contributed by atoms with Gasteiger partial charge in [0.1, 0.15) is 17.6 Å². The average molecular weight is 429 g/mol. The van der Waals surface area contributed by atoms with Gasteiger partial charge in [0.05, 0.1) is 11.6 Å². The lowest BCUT2D eigenvalue weighted by Crippen LogP contribution is -2.39. The van der Waals surface area contributed by atoms with E-state index in [0.29, 0.717) is 29.9 Å². The number of pyridine rings is 2. The van der Waals surface area contributed by atoms with E-state index < -0.39 is 0 Å². The highest BCUT2D eigenvalue weighted by Gasteiger charge is 2.43. The Morgan fingerprint density at radius 2 is 1.97 bits per heavy atom. The molecular weight excluding hydrogens is 403 g/mol. The van der Waals surface area contributed by atoms with Crippen molar-refractivity contribution in [3.8, 4) is 6.07 Å². The van der Waals surface area contributed by atoms with E-state index in [4.69, 9.17) is 5.26 Å². The number of carbonyl (C=O) groups is 1. The smallest absolute Gasteiger partial charge is 0.154 e. The molecule has 0 amide bonds. The molecule has 3 heterocycles. The molecule has 2 aliphatic rings. The molecule has 5 nitrogen and oxygen atoms in total. The highest BCUT2D eigenvalue weighted by atomic mass is 19.1. The Balaban J connectivity index is 1.23. The van der Waals surface area contributed by atoms with Gasteiger partial charge in [0.25, 0.3) is 0 Å². The van der Waals surface area contributed by atoms with Gasteiger partial charge in [-0.15, -0.1) is 0 Å². The van der Waals surface area contributed by atoms with E-state index in [0.717, 1.165) is 42.4 Å². The van der Waals surface area contributed by atoms with E-state index in [-0.39, 0.29) is 17.6 Å². The minimum Gasteiger partial charge on any atom is -0.298 e. The molecule has 1 aromatic carbocycles. The summed E-state index contributed by atoms with van der Waals surface area (Å²) in [6.45, 7) is 3.85. The number of rotatable bonds is 5. The second-order valence-corrected chi connectivity index (χ2v) is 9.19. The topological polar surface area (TPSA) is 69.9 Å². The van der Waals surface area contributed by atoms with E-state index in [2.05, 4.69) is 14.9 Å². The molecular formula is C26H25FN4O. The first-order valence-corrected chi connectivity index (χ1v) is 11.2. The van der Waals surface area contributed by atoms with Gasteiger partial charge in [-0.25, -0.2) is 9.37 Å². The normalized spacial score (nSPS) is 23.7. The maximum atomic E-state index is 13.9. The van der Waals surface area contributed by atoms with Gasteiger partial charge < -0.3 is 0 Å². The largest absolute Gasteiger partial charge is 0.298 e. The minimum atomic E-state index is -0.221. The number of hydrogen-bond acceptors (Lipinski definition) is 5. The van der Waals surface area contributed by atoms with Crippen molar-refractivity contribution in [3.63, 3.8) is 0 Å². The summed E-state index contributed by atoms with van der Waals surface area (Å²) < 4.78 is 13.9. The number of hydrogen-bond donors (Lipinski definition) is 0. The van der Waals surface area contributed by atoms with Crippen molar-refractivity contribution < 1.29 is 9.18 Å². The minimum absolute atomic E-state index is 0.134. The summed E-state index contributed by atoms with van der Waals surface area (Å²) in [5.41, 5.74) is 3.25. The first kappa shape index (κ1) is 20.7. The summed E-state index contributed by atoms with van der Waals surface area (Å²) in [5.74, 6) is 1.49. The van der Waals surface area contributed by atoms with Crippen LogP contribution in [0.25, 0.3) is 10.9 Å². The molecule has 0 spiro atoms. The Kier molecular flexibility index (Phi) is 5.44. The molecule has 5 rings (SSSR count). The van der Waals surface area contributed by atoms with Crippen LogP contribution in [-0.2, 0) is 11.2 Å². The summed E-state index contributed by atoms with van der Waals surface area (Å²) in [6.07, 6.45) is 5.92. The van der Waals surface area contributed by atoms with Crippen molar-refractivity contribution in [2.24, 2.45) is 11.8 Å². The number of halogens is 1. The van der Waals surface area contributed by atoms with Gasteiger partial charge in [0.2, 0.25) is 0 Å². The lowest BCUT2D eigenvalue weighted by molar-refractivity contribution is -0.122. The van der Waals surface area contributed by atoms with Gasteiger partial charge in [-0.05, 0) is 79.0 Å². The van der Waals surface area contributed by atoms with Crippen molar-refractivity contribution in [2.75, 3.05) is 13.1 Å². The maximum absolute atomic E-state index is 13.9. The lowest BCUT2D eigenvalue weighted by Gasteiger charge is -2.25. The lowest BCUT2D eigenvalue weighted by atomic mass is 9.92. The number of ketones is 1. The van der Waals surface area contributed by atoms with Crippen molar-refractivity contribution in [2.45, 2.75) is 38.1 Å². The fourth-order valence-corrected chi connectivity index (χ4v) is 5.55. The first-order chi connectivity index (χ1) is 15.5. The van der Waals surface area contributed by atoms with E-state index in [1.54, 1.807) is 30.5 Å². The van der Waals surface area contributed by atoms with Gasteiger partial charge in [0, 0.05) is 37.3 Å². The van der Waals surface area contributed by atoms with Gasteiger partial charge in [-0.1, -0.05) is 6.07 Å². The third-order valence-electron chi connectivity index (χ3n) is 7.29. The number of aromatic nitrogens is 2. The number of benzene rings is 1. The average Bonchev–Trinajstić information content (AvgIpc) is 3.38. The number of Topliss-reactive ketones (excluding diaryl/α,β-unsaturated/α-hetero) is 1. The predicted molar refractivity (Wildman–Crippen MR) is 119 cm³/mol. The molecule has 4 atom stereocenters. The van der Waals surface area contributed by atoms with Gasteiger partial charge in [-0.3, -0.25) is 14.7 Å². The maximum Gasteiger partial charge on any atom is 0.154 e. The van der Waals surface area contributed by atoms with Crippen molar-refractivity contribution >= 4 is 16.7 Å². The molecule has 2 fully saturated rings. The Morgan fingerprint density at radius 3 is 2.66 bits per heavy atom. The first-order valence-electron chi connectivity index (χ1n) is 11.2. The summed E-state index contributed by atoms with van der Waals surface area (Å²) in [7, 11) is 0. The molecule has 1 saturated heterocycles. The van der Waals surface area contributed by atoms with Crippen LogP contribution in [0.4, 0.5) is 4.39 Å². The van der Waals surface area contributed by atoms with Crippen molar-refractivity contribution in [1.29, 1.82) is 5.26 Å². The molecule has 0 N–H and O–H groups in total. The monoisotopic (exact) mass is 428 g/mol. The van der Waals surface area contributed by atoms with Crippen LogP contribution in [0.15, 0.2) is 48.8 Å². The second kappa shape index (κ2) is 8.40. The van der Waals surface area contributed by atoms with Crippen LogP contribution in [0.5, 0.6) is 0 Å². The Hall–Kier alpha value is -3.17. The Morgan fingerprint density at radius 1 is 1.19 bits per heavy atom. The zero-order chi connectivity index (χ0) is 22.2. The van der Waals surface area contributed by atoms with Crippen molar-refractivity contribution in [3.05, 3.63) is 71.4 Å². The third-order valence-corrected chi connectivity index (χ3v) is 7.29. The van der Waals surface area contributed by atoms with Crippen LogP contribution >= 0.6 is 0 Å². The number of nitrogens with zero attached hydrogens (tertiary/aromatic N) is 4. The quantitative estimate of drug-likeness (QED) is 0.607. The molecule has 6 heteroatoms. The molecule has 2 unspecified atom stereocenters. The van der Waals surface area contributed by atoms with Crippen LogP contribution in [0.3, 0.4) is 0 Å². The summed E-state index contributed by atoms with van der Waals surface area (Å²) >= 11 is 0. The summed E-state index contributed by atoms with van der Waals surface area (Å²) in [6, 6.07) is 12.2. The van der Waals surface area contributed by atoms with E-state index in [1.807, 2.05) is 25.3 Å². The molecule has 3 aromatic rings. The van der Waals surface area contributed by atoms with Gasteiger partial charge in [0.15, 0.2) is 5.78 Å². The van der Waals surface area contributed by atoms with Crippen LogP contribution in [0.2, 0.25) is 0 Å². The molecule has 1 aliphatic carbocycles. The molecule has 0 radical (unpaired) electrons. The van der Waals surface area contributed by atoms with Gasteiger partial charge in [-0.2, -0.15) is 5.26 Å². The van der Waals surface area contributed by atoms with E-state index >= 15 is 0 Å². The SMILES string of the molecule is CC(C(=O)Cc1ccc(C#N)nc1)N1C[C@H]2CC(c3ccnc4ccc(F)cc34)C[C@H]2C1. The van der Waals surface area contributed by atoms with Crippen LogP contribution in [0.1, 0.15) is 42.5 Å². The molecule has 0 bridgehead atoms. The second-order valence-electron chi connectivity index (χ2n) is 9.19. The number of likely N-dealkylation sites (tertiary alicyclic amines) is 1. The molecule has 1 saturated carbocycles. The number of nitriles is 1. The molecule has 162 valence electrons. The summed E-state index contributed by atoms with van der Waals surface area (Å²) in [4.78, 5) is 23.6. The summed E-state index contributed by atoms with van der Waals surface area (Å²) in [5, 5.41) is 9.80. The highest BCUT2D eigenvalue weighted by Crippen LogP contribution is 2.47. The number of carbonyl (C=O) groups excluding carboxylic acids is 1. The Labute approximate surface area is 186 Å². The fraction of sp³-hybridized carbons (Fsp3) is 0.385. The molecule has 2 aromatic heterocycles. The van der Waals surface area contributed by atoms with Crippen LogP contribution in [-0.4, -0.2) is 39.8 Å². The van der Waals surface area contributed by atoms with Crippen LogP contribution < -0.4 is 0 Å². The third kappa shape index (κ3) is 3.89. The zero-order valence-corrected chi connectivity index (χ0v) is 18.0. The van der Waals surface area contributed by atoms with E-state index in [9.17, 15) is 9.18 Å². The molecule has 32 heavy (non-hydrogen) atoms. The predicted octanol–water partition coefficient (Wildman–Crippen LogP) is 4.27. The van der Waals surface area contributed by atoms with Crippen LogP contribution in [0, 0.1) is 29.0 Å².